The fraction of sp³-hybridized carbons (Fsp3) is 1.00. The molecule has 0 radical (unpaired) electrons. The molecular formula is C16H29NO. The molecule has 2 spiro atoms. The van der Waals surface area contributed by atoms with Crippen LogP contribution in [-0.4, -0.2) is 24.3 Å². The van der Waals surface area contributed by atoms with Crippen LogP contribution in [0, 0.1) is 11.8 Å². The van der Waals surface area contributed by atoms with Gasteiger partial charge in [-0.2, -0.15) is 0 Å². The molecule has 2 aliphatic carbocycles. The average Bonchev–Trinajstić information content (AvgIpc) is 2.36. The van der Waals surface area contributed by atoms with Gasteiger partial charge in [-0.1, -0.05) is 33.1 Å². The highest BCUT2D eigenvalue weighted by Gasteiger charge is 2.50. The third-order valence-electron chi connectivity index (χ3n) is 5.77. The second-order valence-electron chi connectivity index (χ2n) is 7.29. The van der Waals surface area contributed by atoms with Gasteiger partial charge in [0.1, 0.15) is 0 Å². The molecule has 2 saturated carbocycles. The van der Waals surface area contributed by atoms with Crippen LogP contribution in [0.1, 0.15) is 65.2 Å². The molecule has 1 aliphatic heterocycles. The zero-order valence-corrected chi connectivity index (χ0v) is 12.1. The van der Waals surface area contributed by atoms with Crippen LogP contribution in [0.3, 0.4) is 0 Å². The maximum absolute atomic E-state index is 6.84. The lowest BCUT2D eigenvalue weighted by molar-refractivity contribution is -0.224. The Morgan fingerprint density at radius 1 is 1.00 bits per heavy atom. The minimum absolute atomic E-state index is 0.155. The molecule has 0 aromatic heterocycles. The summed E-state index contributed by atoms with van der Waals surface area (Å²) in [6.07, 6.45) is 10.7. The zero-order valence-electron chi connectivity index (χ0n) is 12.1. The third kappa shape index (κ3) is 2.22. The minimum Gasteiger partial charge on any atom is -0.366 e. The molecule has 2 heteroatoms. The molecule has 1 saturated heterocycles. The molecule has 3 atom stereocenters. The summed E-state index contributed by atoms with van der Waals surface area (Å²) in [4.78, 5) is 0. The fourth-order valence-electron chi connectivity index (χ4n) is 4.57. The van der Waals surface area contributed by atoms with Crippen LogP contribution in [0.25, 0.3) is 0 Å². The van der Waals surface area contributed by atoms with Crippen LogP contribution in [0.15, 0.2) is 0 Å². The zero-order chi connectivity index (χ0) is 12.6. The number of hydrogen-bond donors (Lipinski definition) is 1. The molecule has 3 unspecified atom stereocenters. The van der Waals surface area contributed by atoms with Gasteiger partial charge in [-0.25, -0.2) is 0 Å². The van der Waals surface area contributed by atoms with Crippen molar-refractivity contribution in [2.24, 2.45) is 11.8 Å². The van der Waals surface area contributed by atoms with Crippen LogP contribution in [0.4, 0.5) is 0 Å². The molecular weight excluding hydrogens is 222 g/mol. The first-order valence-electron chi connectivity index (χ1n) is 8.05. The fourth-order valence-corrected chi connectivity index (χ4v) is 4.57. The van der Waals surface area contributed by atoms with Crippen molar-refractivity contribution >= 4 is 0 Å². The van der Waals surface area contributed by atoms with Crippen molar-refractivity contribution in [3.8, 4) is 0 Å². The van der Waals surface area contributed by atoms with E-state index in [0.717, 1.165) is 19.0 Å². The van der Waals surface area contributed by atoms with Crippen LogP contribution in [-0.2, 0) is 4.74 Å². The summed E-state index contributed by atoms with van der Waals surface area (Å²) in [5.74, 6) is 1.60. The van der Waals surface area contributed by atoms with E-state index in [2.05, 4.69) is 19.2 Å². The molecule has 1 N–H and O–H groups in total. The Hall–Kier alpha value is -0.0800. The van der Waals surface area contributed by atoms with Gasteiger partial charge in [-0.3, -0.25) is 0 Å². The standard InChI is InChI=1S/C16H29NO/c1-13-6-9-16(14(2)10-13)12-17-11-15(18-16)7-4-3-5-8-15/h13-14,17H,3-12H2,1-2H3. The first kappa shape index (κ1) is 12.9. The van der Waals surface area contributed by atoms with Crippen LogP contribution < -0.4 is 5.32 Å². The van der Waals surface area contributed by atoms with Crippen LogP contribution in [0.5, 0.6) is 0 Å². The smallest absolute Gasteiger partial charge is 0.0840 e. The molecule has 3 aliphatic rings. The van der Waals surface area contributed by atoms with Gasteiger partial charge in [-0.05, 0) is 43.9 Å². The second kappa shape index (κ2) is 4.79. The molecule has 3 fully saturated rings. The van der Waals surface area contributed by atoms with Gasteiger partial charge in [-0.15, -0.1) is 0 Å². The monoisotopic (exact) mass is 251 g/mol. The molecule has 0 aromatic rings. The number of hydrogen-bond acceptors (Lipinski definition) is 2. The normalized spacial score (nSPS) is 44.3. The highest BCUT2D eigenvalue weighted by atomic mass is 16.5. The average molecular weight is 251 g/mol. The number of morpholine rings is 1. The Balaban J connectivity index is 1.76. The van der Waals surface area contributed by atoms with Gasteiger partial charge >= 0.3 is 0 Å². The highest BCUT2D eigenvalue weighted by Crippen LogP contribution is 2.46. The number of ether oxygens (including phenoxy) is 1. The largest absolute Gasteiger partial charge is 0.366 e. The van der Waals surface area contributed by atoms with Gasteiger partial charge in [0.25, 0.3) is 0 Å². The Kier molecular flexibility index (Phi) is 3.44. The SMILES string of the molecule is CC1CCC2(CNCC3(CCCCC3)O2)C(C)C1. The van der Waals surface area contributed by atoms with Gasteiger partial charge in [0.05, 0.1) is 11.2 Å². The van der Waals surface area contributed by atoms with Crippen molar-refractivity contribution in [1.82, 2.24) is 5.32 Å². The van der Waals surface area contributed by atoms with Gasteiger partial charge in [0, 0.05) is 13.1 Å². The van der Waals surface area contributed by atoms with Gasteiger partial charge in [0.2, 0.25) is 0 Å². The summed E-state index contributed by atoms with van der Waals surface area (Å²) in [6.45, 7) is 6.99. The Morgan fingerprint density at radius 2 is 1.78 bits per heavy atom. The van der Waals surface area contributed by atoms with E-state index in [0.29, 0.717) is 5.92 Å². The maximum Gasteiger partial charge on any atom is 0.0840 e. The summed E-state index contributed by atoms with van der Waals surface area (Å²) in [5.41, 5.74) is 0.341. The van der Waals surface area contributed by atoms with Crippen molar-refractivity contribution in [3.63, 3.8) is 0 Å². The number of rotatable bonds is 0. The van der Waals surface area contributed by atoms with Gasteiger partial charge < -0.3 is 10.1 Å². The summed E-state index contributed by atoms with van der Waals surface area (Å²) in [6, 6.07) is 0. The van der Waals surface area contributed by atoms with E-state index in [1.807, 2.05) is 0 Å². The van der Waals surface area contributed by atoms with E-state index in [1.54, 1.807) is 0 Å². The third-order valence-corrected chi connectivity index (χ3v) is 5.77. The topological polar surface area (TPSA) is 21.3 Å². The summed E-state index contributed by atoms with van der Waals surface area (Å²) < 4.78 is 6.84. The quantitative estimate of drug-likeness (QED) is 0.711. The lowest BCUT2D eigenvalue weighted by atomic mass is 9.70. The molecule has 0 aromatic carbocycles. The first-order valence-corrected chi connectivity index (χ1v) is 8.05. The predicted molar refractivity (Wildman–Crippen MR) is 74.7 cm³/mol. The van der Waals surface area contributed by atoms with Crippen LogP contribution in [0.2, 0.25) is 0 Å². The summed E-state index contributed by atoms with van der Waals surface area (Å²) in [7, 11) is 0. The van der Waals surface area contributed by atoms with Crippen molar-refractivity contribution in [2.45, 2.75) is 76.4 Å². The predicted octanol–water partition coefficient (Wildman–Crippen LogP) is 3.50. The molecule has 0 bridgehead atoms. The Morgan fingerprint density at radius 3 is 2.50 bits per heavy atom. The summed E-state index contributed by atoms with van der Waals surface area (Å²) >= 11 is 0. The second-order valence-corrected chi connectivity index (χ2v) is 7.29. The molecule has 18 heavy (non-hydrogen) atoms. The molecule has 2 nitrogen and oxygen atoms in total. The minimum atomic E-state index is 0.155. The molecule has 0 amide bonds. The van der Waals surface area contributed by atoms with E-state index in [1.165, 1.54) is 51.4 Å². The molecule has 3 rings (SSSR count). The van der Waals surface area contributed by atoms with Gasteiger partial charge in [0.15, 0.2) is 0 Å². The van der Waals surface area contributed by atoms with E-state index in [-0.39, 0.29) is 11.2 Å². The first-order chi connectivity index (χ1) is 8.64. The highest BCUT2D eigenvalue weighted by molar-refractivity contribution is 5.02. The number of nitrogens with one attached hydrogen (secondary N) is 1. The van der Waals surface area contributed by atoms with E-state index in [9.17, 15) is 0 Å². The lowest BCUT2D eigenvalue weighted by Gasteiger charge is -2.55. The summed E-state index contributed by atoms with van der Waals surface area (Å²) in [5, 5.41) is 3.73. The molecule has 104 valence electrons. The van der Waals surface area contributed by atoms with Crippen molar-refractivity contribution in [1.29, 1.82) is 0 Å². The van der Waals surface area contributed by atoms with E-state index >= 15 is 0 Å². The maximum atomic E-state index is 6.84. The van der Waals surface area contributed by atoms with Crippen molar-refractivity contribution in [3.05, 3.63) is 0 Å². The van der Waals surface area contributed by atoms with E-state index in [4.69, 9.17) is 4.74 Å². The van der Waals surface area contributed by atoms with Crippen LogP contribution >= 0.6 is 0 Å². The van der Waals surface area contributed by atoms with Crippen molar-refractivity contribution < 1.29 is 4.74 Å². The Labute approximate surface area is 112 Å². The van der Waals surface area contributed by atoms with E-state index < -0.39 is 0 Å². The van der Waals surface area contributed by atoms with Crippen molar-refractivity contribution in [2.75, 3.05) is 13.1 Å². The Bertz CT molecular complexity index is 292. The lowest BCUT2D eigenvalue weighted by Crippen LogP contribution is -2.64. The molecule has 1 heterocycles.